The van der Waals surface area contributed by atoms with Gasteiger partial charge in [-0.3, -0.25) is 9.59 Å². The Hall–Kier alpha value is -3.24. The van der Waals surface area contributed by atoms with Crippen molar-refractivity contribution in [3.05, 3.63) is 64.7 Å². The van der Waals surface area contributed by atoms with Crippen LogP contribution >= 0.6 is 0 Å². The smallest absolute Gasteiger partial charge is 0.416 e. The lowest BCUT2D eigenvalue weighted by Gasteiger charge is -2.24. The van der Waals surface area contributed by atoms with Gasteiger partial charge in [-0.05, 0) is 43.7 Å². The van der Waals surface area contributed by atoms with Crippen LogP contribution in [0.15, 0.2) is 42.5 Å². The number of hydrogen-bond acceptors (Lipinski definition) is 3. The van der Waals surface area contributed by atoms with Crippen molar-refractivity contribution in [2.24, 2.45) is 5.41 Å². The molecule has 1 fully saturated rings. The van der Waals surface area contributed by atoms with Gasteiger partial charge in [0.15, 0.2) is 0 Å². The molecule has 2 amide bonds. The number of phenolic OH excluding ortho intramolecular Hbond substituents is 1. The van der Waals surface area contributed by atoms with Gasteiger partial charge in [-0.1, -0.05) is 18.2 Å². The van der Waals surface area contributed by atoms with E-state index >= 15 is 0 Å². The fourth-order valence-corrected chi connectivity index (χ4v) is 3.72. The number of halogens is 6. The lowest BCUT2D eigenvalue weighted by Crippen LogP contribution is -2.45. The van der Waals surface area contributed by atoms with Crippen LogP contribution in [0.2, 0.25) is 0 Å². The predicted octanol–water partition coefficient (Wildman–Crippen LogP) is 4.60. The maximum absolute atomic E-state index is 13.3. The van der Waals surface area contributed by atoms with Crippen molar-refractivity contribution in [2.45, 2.75) is 38.8 Å². The van der Waals surface area contributed by atoms with E-state index in [1.807, 2.05) is 0 Å². The summed E-state index contributed by atoms with van der Waals surface area (Å²) < 4.78 is 78.8. The lowest BCUT2D eigenvalue weighted by atomic mass is 9.86. The molecule has 2 aromatic carbocycles. The van der Waals surface area contributed by atoms with Crippen LogP contribution in [0.1, 0.15) is 40.9 Å². The predicted molar refractivity (Wildman–Crippen MR) is 105 cm³/mol. The molecule has 0 spiro atoms. The van der Waals surface area contributed by atoms with Crippen LogP contribution < -0.4 is 5.32 Å². The zero-order chi connectivity index (χ0) is 24.8. The number of amides is 2. The Morgan fingerprint density at radius 3 is 2.33 bits per heavy atom. The quantitative estimate of drug-likeness (QED) is 0.637. The van der Waals surface area contributed by atoms with E-state index in [4.69, 9.17) is 0 Å². The van der Waals surface area contributed by atoms with E-state index < -0.39 is 58.1 Å². The summed E-state index contributed by atoms with van der Waals surface area (Å²) in [7, 11) is 0. The number of rotatable bonds is 4. The number of carbonyl (C=O) groups excluding carboxylic acids is 2. The molecule has 0 aromatic heterocycles. The molecule has 2 aromatic rings. The van der Waals surface area contributed by atoms with Crippen LogP contribution in [0.4, 0.5) is 26.3 Å². The highest BCUT2D eigenvalue weighted by Crippen LogP contribution is 2.37. The second-order valence-electron chi connectivity index (χ2n) is 8.32. The van der Waals surface area contributed by atoms with Crippen LogP contribution in [-0.2, 0) is 23.7 Å². The molecular weight excluding hydrogens is 454 g/mol. The monoisotopic (exact) mass is 474 g/mol. The first-order valence-electron chi connectivity index (χ1n) is 9.78. The normalized spacial score (nSPS) is 18.5. The molecule has 0 radical (unpaired) electrons. The highest BCUT2D eigenvalue weighted by molar-refractivity contribution is 5.98. The second kappa shape index (κ2) is 8.27. The number of hydrogen-bond donors (Lipinski definition) is 2. The Bertz CT molecular complexity index is 1080. The number of likely N-dealkylation sites (tertiary alicyclic amines) is 1. The number of aromatic hydroxyl groups is 1. The van der Waals surface area contributed by atoms with E-state index in [-0.39, 0.29) is 18.7 Å². The van der Waals surface area contributed by atoms with E-state index in [2.05, 4.69) is 5.32 Å². The van der Waals surface area contributed by atoms with Gasteiger partial charge in [-0.15, -0.1) is 0 Å². The number of benzene rings is 2. The molecule has 0 saturated carbocycles. The van der Waals surface area contributed by atoms with E-state index in [0.717, 1.165) is 17.0 Å². The van der Waals surface area contributed by atoms with Crippen LogP contribution in [0.25, 0.3) is 0 Å². The molecule has 0 bridgehead atoms. The molecule has 1 aliphatic heterocycles. The molecule has 5 nitrogen and oxygen atoms in total. The first-order valence-corrected chi connectivity index (χ1v) is 9.78. The molecule has 1 saturated heterocycles. The fourth-order valence-electron chi connectivity index (χ4n) is 3.72. The summed E-state index contributed by atoms with van der Waals surface area (Å²) in [5.41, 5.74) is -4.04. The number of nitrogens with zero attached hydrogens (tertiary/aromatic N) is 1. The minimum Gasteiger partial charge on any atom is -0.507 e. The van der Waals surface area contributed by atoms with Gasteiger partial charge < -0.3 is 15.3 Å². The highest BCUT2D eigenvalue weighted by Gasteiger charge is 2.48. The van der Waals surface area contributed by atoms with E-state index in [1.165, 1.54) is 32.0 Å². The summed E-state index contributed by atoms with van der Waals surface area (Å²) in [5, 5.41) is 12.3. The van der Waals surface area contributed by atoms with Crippen molar-refractivity contribution < 1.29 is 41.0 Å². The van der Waals surface area contributed by atoms with Gasteiger partial charge in [-0.25, -0.2) is 0 Å². The van der Waals surface area contributed by atoms with Crippen LogP contribution in [0.3, 0.4) is 0 Å². The summed E-state index contributed by atoms with van der Waals surface area (Å²) in [4.78, 5) is 26.7. The molecule has 3 rings (SSSR count). The summed E-state index contributed by atoms with van der Waals surface area (Å²) in [6.45, 7) is 2.42. The van der Waals surface area contributed by atoms with Crippen LogP contribution in [0.5, 0.6) is 5.75 Å². The molecule has 1 aliphatic rings. The van der Waals surface area contributed by atoms with Crippen molar-refractivity contribution in [3.63, 3.8) is 0 Å². The zero-order valence-corrected chi connectivity index (χ0v) is 17.5. The molecule has 1 atom stereocenters. The largest absolute Gasteiger partial charge is 0.507 e. The zero-order valence-electron chi connectivity index (χ0n) is 17.5. The van der Waals surface area contributed by atoms with Gasteiger partial charge in [-0.2, -0.15) is 26.3 Å². The Labute approximate surface area is 185 Å². The Balaban J connectivity index is 1.83. The van der Waals surface area contributed by atoms with Gasteiger partial charge >= 0.3 is 12.4 Å². The second-order valence-corrected chi connectivity index (χ2v) is 8.32. The minimum absolute atomic E-state index is 0.128. The number of carbonyl (C=O) groups is 2. The van der Waals surface area contributed by atoms with E-state index in [1.54, 1.807) is 0 Å². The Kier molecular flexibility index (Phi) is 6.12. The van der Waals surface area contributed by atoms with Crippen molar-refractivity contribution >= 4 is 11.8 Å². The molecule has 1 heterocycles. The SMILES string of the molecule is CC1(C)C(=O)N(Cc2ccccc2C(F)(F)F)C[C@H]1NC(=O)c1cc(C(F)(F)F)ccc1O. The van der Waals surface area contributed by atoms with Crippen LogP contribution in [-0.4, -0.2) is 34.4 Å². The molecule has 178 valence electrons. The first kappa shape index (κ1) is 24.4. The third kappa shape index (κ3) is 4.91. The fraction of sp³-hybridized carbons (Fsp3) is 0.364. The standard InChI is InChI=1S/C22H20F6N2O3/c1-20(2)17(29-18(32)14-9-13(21(23,24)25)7-8-16(14)31)11-30(19(20)33)10-12-5-3-4-6-15(12)22(26,27)28/h3-9,17,31H,10-11H2,1-2H3,(H,29,32)/t17-/m1/s1. The third-order valence-corrected chi connectivity index (χ3v) is 5.67. The third-order valence-electron chi connectivity index (χ3n) is 5.67. The maximum atomic E-state index is 13.3. The van der Waals surface area contributed by atoms with Crippen molar-refractivity contribution in [1.29, 1.82) is 0 Å². The van der Waals surface area contributed by atoms with Crippen LogP contribution in [0, 0.1) is 5.41 Å². The maximum Gasteiger partial charge on any atom is 0.416 e. The molecular formula is C22H20F6N2O3. The average molecular weight is 474 g/mol. The molecule has 0 aliphatic carbocycles. The average Bonchev–Trinajstić information content (AvgIpc) is 2.90. The molecule has 11 heteroatoms. The Morgan fingerprint density at radius 2 is 1.73 bits per heavy atom. The number of alkyl halides is 6. The van der Waals surface area contributed by atoms with Gasteiger partial charge in [0.05, 0.1) is 28.1 Å². The molecule has 33 heavy (non-hydrogen) atoms. The molecule has 0 unspecified atom stereocenters. The van der Waals surface area contributed by atoms with Crippen molar-refractivity contribution in [2.75, 3.05) is 6.54 Å². The first-order chi connectivity index (χ1) is 15.1. The number of phenols is 1. The summed E-state index contributed by atoms with van der Waals surface area (Å²) >= 11 is 0. The lowest BCUT2D eigenvalue weighted by molar-refractivity contribution is -0.140. The van der Waals surface area contributed by atoms with E-state index in [9.17, 15) is 41.0 Å². The van der Waals surface area contributed by atoms with Crippen molar-refractivity contribution in [1.82, 2.24) is 10.2 Å². The summed E-state index contributed by atoms with van der Waals surface area (Å²) in [6.07, 6.45) is -9.36. The summed E-state index contributed by atoms with van der Waals surface area (Å²) in [5.74, 6) is -2.25. The summed E-state index contributed by atoms with van der Waals surface area (Å²) in [6, 6.07) is 5.71. The van der Waals surface area contributed by atoms with Gasteiger partial charge in [0.1, 0.15) is 5.75 Å². The highest BCUT2D eigenvalue weighted by atomic mass is 19.4. The van der Waals surface area contributed by atoms with Gasteiger partial charge in [0.2, 0.25) is 5.91 Å². The van der Waals surface area contributed by atoms with Crippen molar-refractivity contribution in [3.8, 4) is 5.75 Å². The Morgan fingerprint density at radius 1 is 1.09 bits per heavy atom. The van der Waals surface area contributed by atoms with E-state index in [0.29, 0.717) is 12.1 Å². The van der Waals surface area contributed by atoms with Gasteiger partial charge in [0, 0.05) is 13.1 Å². The minimum atomic E-state index is -4.74. The number of nitrogens with one attached hydrogen (secondary N) is 1. The topological polar surface area (TPSA) is 69.6 Å². The van der Waals surface area contributed by atoms with Gasteiger partial charge in [0.25, 0.3) is 5.91 Å². The molecule has 2 N–H and O–H groups in total.